The van der Waals surface area contributed by atoms with Crippen LogP contribution >= 0.6 is 0 Å². The number of rotatable bonds is 3. The van der Waals surface area contributed by atoms with Gasteiger partial charge in [0, 0.05) is 25.4 Å². The Morgan fingerprint density at radius 1 is 1.71 bits per heavy atom. The summed E-state index contributed by atoms with van der Waals surface area (Å²) in [4.78, 5) is 13.1. The van der Waals surface area contributed by atoms with Crippen LogP contribution in [0.4, 0.5) is 0 Å². The molecule has 0 unspecified atom stereocenters. The van der Waals surface area contributed by atoms with Gasteiger partial charge in [-0.2, -0.15) is 0 Å². The Morgan fingerprint density at radius 3 is 3.00 bits per heavy atom. The van der Waals surface area contributed by atoms with Gasteiger partial charge >= 0.3 is 5.97 Å². The molecule has 4 nitrogen and oxygen atoms in total. The molecule has 0 spiro atoms. The Hall–Kier alpha value is -1.45. The van der Waals surface area contributed by atoms with Crippen molar-refractivity contribution < 1.29 is 9.53 Å². The summed E-state index contributed by atoms with van der Waals surface area (Å²) < 4.78 is 4.62. The number of ether oxygens (including phenoxy) is 1. The molecule has 1 atom stereocenters. The molecule has 0 saturated heterocycles. The van der Waals surface area contributed by atoms with Crippen LogP contribution in [0.1, 0.15) is 13.3 Å². The van der Waals surface area contributed by atoms with Crippen LogP contribution in [0.2, 0.25) is 0 Å². The van der Waals surface area contributed by atoms with Crippen molar-refractivity contribution in [2.24, 2.45) is 0 Å². The molecule has 78 valence electrons. The number of methoxy groups -OCH3 is 1. The lowest BCUT2D eigenvalue weighted by Gasteiger charge is -2.20. The van der Waals surface area contributed by atoms with Gasteiger partial charge in [0.25, 0.3) is 0 Å². The van der Waals surface area contributed by atoms with Crippen LogP contribution in [0, 0.1) is 0 Å². The maximum atomic E-state index is 11.1. The number of hydrogen-bond donors (Lipinski definition) is 1. The molecule has 1 N–H and O–H groups in total. The van der Waals surface area contributed by atoms with E-state index in [9.17, 15) is 4.79 Å². The molecule has 0 aromatic rings. The fourth-order valence-electron chi connectivity index (χ4n) is 1.30. The molecular formula is C10H16N2O2. The predicted octanol–water partition coefficient (Wildman–Crippen LogP) is 0.828. The van der Waals surface area contributed by atoms with E-state index >= 15 is 0 Å². The molecule has 14 heavy (non-hydrogen) atoms. The Morgan fingerprint density at radius 2 is 2.43 bits per heavy atom. The van der Waals surface area contributed by atoms with E-state index < -0.39 is 0 Å². The van der Waals surface area contributed by atoms with E-state index in [-0.39, 0.29) is 12.0 Å². The summed E-state index contributed by atoms with van der Waals surface area (Å²) in [5.74, 6) is -0.247. The molecule has 1 rings (SSSR count). The highest BCUT2D eigenvalue weighted by Gasteiger charge is 2.14. The summed E-state index contributed by atoms with van der Waals surface area (Å²) in [6.45, 7) is 1.78. The van der Waals surface area contributed by atoms with Crippen LogP contribution in [0.5, 0.6) is 0 Å². The fraction of sp³-hybridized carbons (Fsp3) is 0.500. The van der Waals surface area contributed by atoms with Crippen molar-refractivity contribution >= 4 is 5.97 Å². The number of nitrogens with zero attached hydrogens (tertiary/aromatic N) is 1. The van der Waals surface area contributed by atoms with E-state index in [2.05, 4.69) is 10.1 Å². The molecule has 4 heteroatoms. The van der Waals surface area contributed by atoms with Gasteiger partial charge in [0.15, 0.2) is 0 Å². The number of carbonyl (C=O) groups is 1. The first-order chi connectivity index (χ1) is 6.63. The van der Waals surface area contributed by atoms with E-state index in [4.69, 9.17) is 0 Å². The summed E-state index contributed by atoms with van der Waals surface area (Å²) in [5, 5.41) is 3.09. The number of hydrogen-bond acceptors (Lipinski definition) is 4. The molecule has 0 aromatic heterocycles. The van der Waals surface area contributed by atoms with Crippen LogP contribution in [-0.2, 0) is 9.53 Å². The van der Waals surface area contributed by atoms with Crippen LogP contribution in [0.25, 0.3) is 0 Å². The summed E-state index contributed by atoms with van der Waals surface area (Å²) in [6.07, 6.45) is 6.80. The normalized spacial score (nSPS) is 17.4. The topological polar surface area (TPSA) is 41.6 Å². The van der Waals surface area contributed by atoms with E-state index in [1.807, 2.05) is 30.4 Å². The molecular weight excluding hydrogens is 180 g/mol. The Balaban J connectivity index is 2.48. The summed E-state index contributed by atoms with van der Waals surface area (Å²) in [5.41, 5.74) is 1.02. The molecule has 0 amide bonds. The summed E-state index contributed by atoms with van der Waals surface area (Å²) in [7, 11) is 3.34. The predicted molar refractivity (Wildman–Crippen MR) is 54.2 cm³/mol. The van der Waals surface area contributed by atoms with E-state index in [1.165, 1.54) is 7.11 Å². The van der Waals surface area contributed by atoms with Crippen molar-refractivity contribution in [3.8, 4) is 0 Å². The van der Waals surface area contributed by atoms with Gasteiger partial charge in [0.1, 0.15) is 6.04 Å². The van der Waals surface area contributed by atoms with E-state index in [0.717, 1.165) is 12.1 Å². The average Bonchev–Trinajstić information content (AvgIpc) is 2.16. The van der Waals surface area contributed by atoms with Crippen LogP contribution in [0.15, 0.2) is 24.2 Å². The molecule has 1 aliphatic rings. The zero-order chi connectivity index (χ0) is 10.6. The number of carbonyl (C=O) groups excluding carboxylic acids is 1. The summed E-state index contributed by atoms with van der Waals surface area (Å²) >= 11 is 0. The van der Waals surface area contributed by atoms with Gasteiger partial charge in [-0.1, -0.05) is 6.08 Å². The molecule has 0 fully saturated rings. The SMILES string of the molecule is COC(=O)[C@H](C)NC1=CN(C)C=CC1. The first kappa shape index (κ1) is 10.6. The van der Waals surface area contributed by atoms with E-state index in [0.29, 0.717) is 0 Å². The van der Waals surface area contributed by atoms with Gasteiger partial charge in [-0.05, 0) is 13.1 Å². The highest BCUT2D eigenvalue weighted by Crippen LogP contribution is 2.08. The molecule has 0 saturated carbocycles. The standard InChI is InChI=1S/C10H16N2O2/c1-8(10(13)14-3)11-9-5-4-6-12(2)7-9/h4,6-8,11H,5H2,1-3H3/t8-/m0/s1. The largest absolute Gasteiger partial charge is 0.467 e. The second kappa shape index (κ2) is 4.69. The number of esters is 1. The van der Waals surface area contributed by atoms with Gasteiger partial charge in [-0.25, -0.2) is 4.79 Å². The van der Waals surface area contributed by atoms with Crippen molar-refractivity contribution in [3.05, 3.63) is 24.2 Å². The highest BCUT2D eigenvalue weighted by molar-refractivity contribution is 5.75. The van der Waals surface area contributed by atoms with Crippen molar-refractivity contribution in [1.82, 2.24) is 10.2 Å². The maximum Gasteiger partial charge on any atom is 0.327 e. The van der Waals surface area contributed by atoms with Crippen LogP contribution in [-0.4, -0.2) is 31.1 Å². The fourth-order valence-corrected chi connectivity index (χ4v) is 1.30. The minimum atomic E-state index is -0.300. The number of nitrogens with one attached hydrogen (secondary N) is 1. The van der Waals surface area contributed by atoms with Gasteiger partial charge in [0.2, 0.25) is 0 Å². The lowest BCUT2D eigenvalue weighted by molar-refractivity contribution is -0.142. The van der Waals surface area contributed by atoms with Crippen LogP contribution < -0.4 is 5.32 Å². The van der Waals surface area contributed by atoms with Crippen LogP contribution in [0.3, 0.4) is 0 Å². The maximum absolute atomic E-state index is 11.1. The van der Waals surface area contributed by atoms with Gasteiger partial charge in [-0.15, -0.1) is 0 Å². The lowest BCUT2D eigenvalue weighted by atomic mass is 10.2. The Kier molecular flexibility index (Phi) is 3.56. The van der Waals surface area contributed by atoms with E-state index in [1.54, 1.807) is 6.92 Å². The van der Waals surface area contributed by atoms with Gasteiger partial charge in [0.05, 0.1) is 7.11 Å². The third kappa shape index (κ3) is 2.80. The first-order valence-electron chi connectivity index (χ1n) is 4.57. The molecule has 0 aromatic carbocycles. The second-order valence-corrected chi connectivity index (χ2v) is 3.30. The number of allylic oxidation sites excluding steroid dienone is 1. The molecule has 1 aliphatic heterocycles. The van der Waals surface area contributed by atoms with Gasteiger partial charge in [-0.3, -0.25) is 0 Å². The zero-order valence-electron chi connectivity index (χ0n) is 8.78. The van der Waals surface area contributed by atoms with Crippen molar-refractivity contribution in [2.75, 3.05) is 14.2 Å². The molecule has 0 aliphatic carbocycles. The van der Waals surface area contributed by atoms with Gasteiger partial charge < -0.3 is 15.0 Å². The minimum absolute atomic E-state index is 0.247. The Bertz CT molecular complexity index is 271. The first-order valence-corrected chi connectivity index (χ1v) is 4.57. The third-order valence-electron chi connectivity index (χ3n) is 1.99. The van der Waals surface area contributed by atoms with Crippen molar-refractivity contribution in [3.63, 3.8) is 0 Å². The average molecular weight is 196 g/mol. The smallest absolute Gasteiger partial charge is 0.327 e. The van der Waals surface area contributed by atoms with Crippen molar-refractivity contribution in [1.29, 1.82) is 0 Å². The second-order valence-electron chi connectivity index (χ2n) is 3.30. The highest BCUT2D eigenvalue weighted by atomic mass is 16.5. The van der Waals surface area contributed by atoms with Crippen molar-refractivity contribution in [2.45, 2.75) is 19.4 Å². The summed E-state index contributed by atoms with van der Waals surface area (Å²) in [6, 6.07) is -0.300. The zero-order valence-corrected chi connectivity index (χ0v) is 8.78. The third-order valence-corrected chi connectivity index (χ3v) is 1.99. The quantitative estimate of drug-likeness (QED) is 0.679. The molecule has 0 bridgehead atoms. The molecule has 1 heterocycles. The molecule has 0 radical (unpaired) electrons. The minimum Gasteiger partial charge on any atom is -0.467 e. The lowest BCUT2D eigenvalue weighted by Crippen LogP contribution is -2.35. The monoisotopic (exact) mass is 196 g/mol. The Labute approximate surface area is 84.2 Å².